The molecule has 0 radical (unpaired) electrons. The van der Waals surface area contributed by atoms with Gasteiger partial charge in [-0.25, -0.2) is 4.98 Å². The number of fused-ring (bicyclic) bond motifs is 1. The Bertz CT molecular complexity index is 553. The van der Waals surface area contributed by atoms with Gasteiger partial charge in [0.25, 0.3) is 0 Å². The van der Waals surface area contributed by atoms with Crippen molar-refractivity contribution >= 4 is 28.3 Å². The number of nitrogens with zero attached hydrogens (tertiary/aromatic N) is 2. The van der Waals surface area contributed by atoms with Crippen LogP contribution in [-0.4, -0.2) is 23.5 Å². The summed E-state index contributed by atoms with van der Waals surface area (Å²) in [5.41, 5.74) is 1.08. The van der Waals surface area contributed by atoms with E-state index in [0.29, 0.717) is 6.04 Å². The molecule has 0 bridgehead atoms. The van der Waals surface area contributed by atoms with Gasteiger partial charge >= 0.3 is 0 Å². The van der Waals surface area contributed by atoms with E-state index in [-0.39, 0.29) is 0 Å². The molecule has 0 spiro atoms. The Labute approximate surface area is 119 Å². The lowest BCUT2D eigenvalue weighted by Gasteiger charge is -2.36. The van der Waals surface area contributed by atoms with Crippen LogP contribution in [0.15, 0.2) is 36.4 Å². The molecule has 0 aliphatic carbocycles. The topological polar surface area (TPSA) is 16.1 Å². The highest BCUT2D eigenvalue weighted by Gasteiger charge is 2.22. The fourth-order valence-corrected chi connectivity index (χ4v) is 3.20. The summed E-state index contributed by atoms with van der Waals surface area (Å²) in [7, 11) is 0. The average Bonchev–Trinajstić information content (AvgIpc) is 2.48. The van der Waals surface area contributed by atoms with E-state index in [1.807, 2.05) is 6.07 Å². The van der Waals surface area contributed by atoms with E-state index >= 15 is 0 Å². The van der Waals surface area contributed by atoms with Crippen LogP contribution in [-0.2, 0) is 0 Å². The van der Waals surface area contributed by atoms with Crippen molar-refractivity contribution in [1.29, 1.82) is 0 Å². The molecule has 19 heavy (non-hydrogen) atoms. The molecule has 0 amide bonds. The van der Waals surface area contributed by atoms with Crippen LogP contribution in [0.1, 0.15) is 25.7 Å². The second kappa shape index (κ2) is 5.79. The van der Waals surface area contributed by atoms with Crippen molar-refractivity contribution in [3.05, 3.63) is 36.4 Å². The molecule has 3 heteroatoms. The Hall–Kier alpha value is -1.28. The second-order valence-corrected chi connectivity index (χ2v) is 5.56. The highest BCUT2D eigenvalue weighted by atomic mass is 35.5. The van der Waals surface area contributed by atoms with Crippen molar-refractivity contribution in [1.82, 2.24) is 4.98 Å². The summed E-state index contributed by atoms with van der Waals surface area (Å²) in [5.74, 6) is 1.84. The van der Waals surface area contributed by atoms with Crippen LogP contribution in [0.4, 0.5) is 5.82 Å². The number of halogens is 1. The van der Waals surface area contributed by atoms with E-state index in [1.165, 1.54) is 24.6 Å². The number of anilines is 1. The van der Waals surface area contributed by atoms with Gasteiger partial charge in [0.05, 0.1) is 5.52 Å². The Morgan fingerprint density at radius 3 is 2.95 bits per heavy atom. The van der Waals surface area contributed by atoms with Gasteiger partial charge in [0.1, 0.15) is 5.82 Å². The van der Waals surface area contributed by atoms with Crippen molar-refractivity contribution in [3.8, 4) is 0 Å². The molecule has 0 N–H and O–H groups in total. The Morgan fingerprint density at radius 1 is 1.16 bits per heavy atom. The van der Waals surface area contributed by atoms with E-state index in [0.717, 1.165) is 30.2 Å². The molecule has 1 unspecified atom stereocenters. The van der Waals surface area contributed by atoms with Crippen molar-refractivity contribution in [2.75, 3.05) is 17.3 Å². The van der Waals surface area contributed by atoms with Crippen LogP contribution in [0.2, 0.25) is 0 Å². The maximum atomic E-state index is 5.94. The van der Waals surface area contributed by atoms with Gasteiger partial charge in [-0.2, -0.15) is 0 Å². The summed E-state index contributed by atoms with van der Waals surface area (Å²) in [6.45, 7) is 1.10. The summed E-state index contributed by atoms with van der Waals surface area (Å²) >= 11 is 5.94. The summed E-state index contributed by atoms with van der Waals surface area (Å²) < 4.78 is 0. The molecule has 1 aromatic heterocycles. The predicted molar refractivity (Wildman–Crippen MR) is 82.1 cm³/mol. The highest BCUT2D eigenvalue weighted by Crippen LogP contribution is 2.27. The zero-order valence-electron chi connectivity index (χ0n) is 11.1. The molecule has 3 rings (SSSR count). The first-order valence-corrected chi connectivity index (χ1v) is 7.60. The molecule has 1 saturated heterocycles. The number of hydrogen-bond donors (Lipinski definition) is 0. The third-order valence-corrected chi connectivity index (χ3v) is 4.17. The summed E-state index contributed by atoms with van der Waals surface area (Å²) in [6, 6.07) is 13.2. The third kappa shape index (κ3) is 2.69. The lowest BCUT2D eigenvalue weighted by atomic mass is 10.00. The minimum Gasteiger partial charge on any atom is -0.354 e. The monoisotopic (exact) mass is 274 g/mol. The first kappa shape index (κ1) is 12.7. The maximum absolute atomic E-state index is 5.94. The Kier molecular flexibility index (Phi) is 3.88. The van der Waals surface area contributed by atoms with Crippen LogP contribution in [0.3, 0.4) is 0 Å². The van der Waals surface area contributed by atoms with Crippen molar-refractivity contribution < 1.29 is 0 Å². The zero-order valence-corrected chi connectivity index (χ0v) is 11.8. The molecule has 1 aliphatic heterocycles. The number of piperidine rings is 1. The molecule has 1 atom stereocenters. The number of alkyl halides is 1. The molecule has 2 aromatic rings. The van der Waals surface area contributed by atoms with Crippen molar-refractivity contribution in [2.45, 2.75) is 31.7 Å². The van der Waals surface area contributed by atoms with Gasteiger partial charge in [-0.3, -0.25) is 0 Å². The number of hydrogen-bond acceptors (Lipinski definition) is 2. The van der Waals surface area contributed by atoms with Gasteiger partial charge in [-0.1, -0.05) is 18.2 Å². The van der Waals surface area contributed by atoms with E-state index in [2.05, 4.69) is 35.2 Å². The van der Waals surface area contributed by atoms with Crippen molar-refractivity contribution in [2.24, 2.45) is 0 Å². The second-order valence-electron chi connectivity index (χ2n) is 5.18. The van der Waals surface area contributed by atoms with Crippen LogP contribution in [0, 0.1) is 0 Å². The summed E-state index contributed by atoms with van der Waals surface area (Å²) in [6.07, 6.45) is 4.86. The molecule has 2 nitrogen and oxygen atoms in total. The van der Waals surface area contributed by atoms with Gasteiger partial charge < -0.3 is 4.90 Å². The SMILES string of the molecule is ClCCC1CCCCN1c1ccc2ccccc2n1. The molecule has 1 aromatic carbocycles. The Morgan fingerprint density at radius 2 is 2.05 bits per heavy atom. The van der Waals surface area contributed by atoms with Gasteiger partial charge in [-0.05, 0) is 43.9 Å². The summed E-state index contributed by atoms with van der Waals surface area (Å²) in [4.78, 5) is 7.26. The van der Waals surface area contributed by atoms with E-state index in [4.69, 9.17) is 16.6 Å². The smallest absolute Gasteiger partial charge is 0.129 e. The molecule has 1 aliphatic rings. The molecular formula is C16H19ClN2. The van der Waals surface area contributed by atoms with E-state index in [1.54, 1.807) is 0 Å². The number of para-hydroxylation sites is 1. The minimum absolute atomic E-state index is 0.555. The zero-order chi connectivity index (χ0) is 13.1. The number of benzene rings is 1. The normalized spacial score (nSPS) is 19.8. The quantitative estimate of drug-likeness (QED) is 0.779. The average molecular weight is 275 g/mol. The fourth-order valence-electron chi connectivity index (χ4n) is 2.94. The Balaban J connectivity index is 1.92. The molecule has 2 heterocycles. The van der Waals surface area contributed by atoms with Crippen LogP contribution >= 0.6 is 11.6 Å². The minimum atomic E-state index is 0.555. The molecular weight excluding hydrogens is 256 g/mol. The number of pyridine rings is 1. The van der Waals surface area contributed by atoms with E-state index < -0.39 is 0 Å². The molecule has 0 saturated carbocycles. The maximum Gasteiger partial charge on any atom is 0.129 e. The lowest BCUT2D eigenvalue weighted by molar-refractivity contribution is 0.448. The van der Waals surface area contributed by atoms with Gasteiger partial charge in [0.2, 0.25) is 0 Å². The fraction of sp³-hybridized carbons (Fsp3) is 0.438. The largest absolute Gasteiger partial charge is 0.354 e. The third-order valence-electron chi connectivity index (χ3n) is 3.95. The van der Waals surface area contributed by atoms with Gasteiger partial charge in [0, 0.05) is 23.9 Å². The molecule has 100 valence electrons. The van der Waals surface area contributed by atoms with E-state index in [9.17, 15) is 0 Å². The number of aromatic nitrogens is 1. The number of rotatable bonds is 3. The van der Waals surface area contributed by atoms with Crippen LogP contribution in [0.25, 0.3) is 10.9 Å². The summed E-state index contributed by atoms with van der Waals surface area (Å²) in [5, 5.41) is 1.21. The standard InChI is InChI=1S/C16H19ClN2/c17-11-10-14-6-3-4-12-19(14)16-9-8-13-5-1-2-7-15(13)18-16/h1-2,5,7-9,14H,3-4,6,10-12H2. The van der Waals surface area contributed by atoms with Crippen molar-refractivity contribution in [3.63, 3.8) is 0 Å². The van der Waals surface area contributed by atoms with Crippen LogP contribution < -0.4 is 4.90 Å². The lowest BCUT2D eigenvalue weighted by Crippen LogP contribution is -2.40. The highest BCUT2D eigenvalue weighted by molar-refractivity contribution is 6.17. The molecule has 1 fully saturated rings. The predicted octanol–water partition coefficient (Wildman–Crippen LogP) is 4.22. The van der Waals surface area contributed by atoms with Gasteiger partial charge in [0.15, 0.2) is 0 Å². The first-order chi connectivity index (χ1) is 9.38. The van der Waals surface area contributed by atoms with Gasteiger partial charge in [-0.15, -0.1) is 11.6 Å². The first-order valence-electron chi connectivity index (χ1n) is 7.07. The van der Waals surface area contributed by atoms with Crippen LogP contribution in [0.5, 0.6) is 0 Å².